The van der Waals surface area contributed by atoms with Crippen molar-refractivity contribution in [3.05, 3.63) is 70.1 Å². The minimum Gasteiger partial charge on any atom is -0.364 e. The Bertz CT molecular complexity index is 969. The Labute approximate surface area is 186 Å². The Morgan fingerprint density at radius 1 is 1.07 bits per heavy atom. The quantitative estimate of drug-likeness (QED) is 0.756. The van der Waals surface area contributed by atoms with Crippen LogP contribution < -0.4 is 16.0 Å². The number of guanidine groups is 1. The Morgan fingerprint density at radius 2 is 1.80 bits per heavy atom. The van der Waals surface area contributed by atoms with E-state index in [1.54, 1.807) is 12.1 Å². The van der Waals surface area contributed by atoms with Crippen molar-refractivity contribution in [2.24, 2.45) is 10.7 Å². The monoisotopic (exact) mass is 445 g/mol. The summed E-state index contributed by atoms with van der Waals surface area (Å²) in [5, 5.41) is 4.47. The first-order chi connectivity index (χ1) is 14.4. The third-order valence-electron chi connectivity index (χ3n) is 5.28. The lowest BCUT2D eigenvalue weighted by atomic mass is 9.99. The van der Waals surface area contributed by atoms with Gasteiger partial charge >= 0.3 is 0 Å². The van der Waals surface area contributed by atoms with Gasteiger partial charge in [0.2, 0.25) is 5.96 Å². The van der Waals surface area contributed by atoms with E-state index in [-0.39, 0.29) is 0 Å². The molecule has 30 heavy (non-hydrogen) atoms. The number of halogens is 2. The van der Waals surface area contributed by atoms with Crippen LogP contribution >= 0.6 is 23.2 Å². The summed E-state index contributed by atoms with van der Waals surface area (Å²) in [6, 6.07) is 11.3. The molecule has 1 fully saturated rings. The van der Waals surface area contributed by atoms with Crippen LogP contribution in [0.3, 0.4) is 0 Å². The Morgan fingerprint density at radius 3 is 2.43 bits per heavy atom. The highest BCUT2D eigenvalue weighted by Crippen LogP contribution is 2.33. The molecule has 4 rings (SSSR count). The molecule has 1 aromatic heterocycles. The Balaban J connectivity index is 1.60. The summed E-state index contributed by atoms with van der Waals surface area (Å²) in [5.41, 5.74) is 6.38. The van der Waals surface area contributed by atoms with E-state index in [9.17, 15) is 0 Å². The molecular formula is C21H25Cl2N7. The maximum absolute atomic E-state index is 6.77. The highest BCUT2D eigenvalue weighted by Gasteiger charge is 2.34. The topological polar surface area (TPSA) is 73.0 Å². The van der Waals surface area contributed by atoms with Gasteiger partial charge in [0.15, 0.2) is 5.66 Å². The van der Waals surface area contributed by atoms with E-state index >= 15 is 0 Å². The molecule has 158 valence electrons. The first kappa shape index (κ1) is 20.8. The summed E-state index contributed by atoms with van der Waals surface area (Å²) in [7, 11) is 3.93. The minimum absolute atomic E-state index is 0.490. The van der Waals surface area contributed by atoms with Gasteiger partial charge in [-0.15, -0.1) is 0 Å². The lowest BCUT2D eigenvalue weighted by molar-refractivity contribution is 0.352. The van der Waals surface area contributed by atoms with Crippen LogP contribution in [0.1, 0.15) is 5.56 Å². The minimum atomic E-state index is -1.10. The molecule has 0 saturated carbocycles. The fraction of sp³-hybridized carbons (Fsp3) is 0.333. The third-order valence-corrected chi connectivity index (χ3v) is 5.83. The number of rotatable bonds is 3. The molecular weight excluding hydrogens is 421 g/mol. The number of aromatic nitrogens is 1. The molecule has 0 bridgehead atoms. The molecule has 2 aromatic rings. The molecule has 1 unspecified atom stereocenters. The average Bonchev–Trinajstić information content (AvgIpc) is 2.74. The van der Waals surface area contributed by atoms with Crippen molar-refractivity contribution in [2.45, 2.75) is 5.66 Å². The normalized spacial score (nSPS) is 21.6. The second-order valence-corrected chi connectivity index (χ2v) is 8.44. The van der Waals surface area contributed by atoms with Crippen LogP contribution in [-0.4, -0.2) is 61.0 Å². The van der Waals surface area contributed by atoms with Crippen molar-refractivity contribution >= 4 is 35.0 Å². The van der Waals surface area contributed by atoms with Gasteiger partial charge < -0.3 is 20.0 Å². The van der Waals surface area contributed by atoms with E-state index < -0.39 is 5.66 Å². The summed E-state index contributed by atoms with van der Waals surface area (Å²) in [6.45, 7) is 3.29. The largest absolute Gasteiger partial charge is 0.364 e. The lowest BCUT2D eigenvalue weighted by Gasteiger charge is -2.41. The number of nitrogens with two attached hydrogens (primary N) is 1. The van der Waals surface area contributed by atoms with Gasteiger partial charge in [0.05, 0.1) is 0 Å². The summed E-state index contributed by atoms with van der Waals surface area (Å²) in [6.07, 6.45) is 3.71. The van der Waals surface area contributed by atoms with Crippen molar-refractivity contribution in [3.8, 4) is 0 Å². The van der Waals surface area contributed by atoms with Gasteiger partial charge in [-0.2, -0.15) is 0 Å². The molecule has 3 heterocycles. The van der Waals surface area contributed by atoms with Crippen LogP contribution in [0.5, 0.6) is 0 Å². The van der Waals surface area contributed by atoms with Crippen LogP contribution in [0.2, 0.25) is 10.0 Å². The third kappa shape index (κ3) is 4.19. The zero-order valence-corrected chi connectivity index (χ0v) is 18.5. The summed E-state index contributed by atoms with van der Waals surface area (Å²) in [5.74, 6) is 2.58. The molecule has 3 N–H and O–H groups in total. The van der Waals surface area contributed by atoms with Gasteiger partial charge in [0.1, 0.15) is 11.6 Å². The van der Waals surface area contributed by atoms with Crippen molar-refractivity contribution in [1.29, 1.82) is 0 Å². The number of hydrogen-bond donors (Lipinski definition) is 2. The van der Waals surface area contributed by atoms with E-state index in [1.807, 2.05) is 55.5 Å². The second-order valence-electron chi connectivity index (χ2n) is 7.60. The van der Waals surface area contributed by atoms with Crippen LogP contribution in [-0.2, 0) is 5.66 Å². The molecule has 9 heteroatoms. The summed E-state index contributed by atoms with van der Waals surface area (Å²) >= 11 is 12.6. The smallest absolute Gasteiger partial charge is 0.202 e. The van der Waals surface area contributed by atoms with Crippen LogP contribution in [0.15, 0.2) is 59.5 Å². The predicted molar refractivity (Wildman–Crippen MR) is 123 cm³/mol. The van der Waals surface area contributed by atoms with Crippen molar-refractivity contribution < 1.29 is 0 Å². The first-order valence-electron chi connectivity index (χ1n) is 9.78. The fourth-order valence-corrected chi connectivity index (χ4v) is 4.19. The molecule has 1 saturated heterocycles. The SMILES string of the molecule is CN(C)C1=CC(N)(c2ccc(Cl)cc2Cl)N=C(N2CCN(c3ccccn3)CC2)N1. The highest BCUT2D eigenvalue weighted by atomic mass is 35.5. The molecule has 2 aliphatic heterocycles. The molecule has 2 aliphatic rings. The maximum atomic E-state index is 6.77. The first-order valence-corrected chi connectivity index (χ1v) is 10.5. The van der Waals surface area contributed by atoms with Crippen LogP contribution in [0, 0.1) is 0 Å². The van der Waals surface area contributed by atoms with E-state index in [0.29, 0.717) is 15.6 Å². The second kappa shape index (κ2) is 8.34. The Kier molecular flexibility index (Phi) is 5.77. The van der Waals surface area contributed by atoms with Gasteiger partial charge in [-0.05, 0) is 24.3 Å². The molecule has 1 atom stereocenters. The number of nitrogens with one attached hydrogen (secondary N) is 1. The molecule has 0 aliphatic carbocycles. The maximum Gasteiger partial charge on any atom is 0.202 e. The van der Waals surface area contributed by atoms with Gasteiger partial charge in [0.25, 0.3) is 0 Å². The molecule has 1 aromatic carbocycles. The van der Waals surface area contributed by atoms with Gasteiger partial charge in [0, 0.05) is 68.2 Å². The number of hydrogen-bond acceptors (Lipinski definition) is 7. The van der Waals surface area contributed by atoms with E-state index in [0.717, 1.165) is 43.8 Å². The van der Waals surface area contributed by atoms with Gasteiger partial charge in [-0.1, -0.05) is 35.3 Å². The number of anilines is 1. The highest BCUT2D eigenvalue weighted by molar-refractivity contribution is 6.35. The van der Waals surface area contributed by atoms with Crippen LogP contribution in [0.4, 0.5) is 5.82 Å². The van der Waals surface area contributed by atoms with Gasteiger partial charge in [-0.3, -0.25) is 5.73 Å². The number of aliphatic imine (C=N–C) groups is 1. The van der Waals surface area contributed by atoms with Crippen molar-refractivity contribution in [3.63, 3.8) is 0 Å². The van der Waals surface area contributed by atoms with Crippen molar-refractivity contribution in [2.75, 3.05) is 45.2 Å². The summed E-state index contributed by atoms with van der Waals surface area (Å²) < 4.78 is 0. The zero-order chi connectivity index (χ0) is 21.3. The molecule has 7 nitrogen and oxygen atoms in total. The Hall–Kier alpha value is -2.48. The molecule has 0 radical (unpaired) electrons. The van der Waals surface area contributed by atoms with E-state index in [1.165, 1.54) is 0 Å². The number of nitrogens with zero attached hydrogens (tertiary/aromatic N) is 5. The van der Waals surface area contributed by atoms with Crippen LogP contribution in [0.25, 0.3) is 0 Å². The fourth-order valence-electron chi connectivity index (χ4n) is 3.63. The van der Waals surface area contributed by atoms with E-state index in [4.69, 9.17) is 33.9 Å². The lowest BCUT2D eigenvalue weighted by Crippen LogP contribution is -2.56. The number of benzene rings is 1. The van der Waals surface area contributed by atoms with Crippen molar-refractivity contribution in [1.82, 2.24) is 20.1 Å². The standard InChI is InChI=1S/C21H25Cl2N7/c1-28(2)19-14-21(24,16-7-6-15(22)13-17(16)23)27-20(26-19)30-11-9-29(10-12-30)18-5-3-4-8-25-18/h3-8,13-14H,9-12,24H2,1-2H3,(H,26,27). The molecule has 0 spiro atoms. The zero-order valence-electron chi connectivity index (χ0n) is 17.0. The van der Waals surface area contributed by atoms with Gasteiger partial charge in [-0.25, -0.2) is 9.98 Å². The summed E-state index contributed by atoms with van der Waals surface area (Å²) in [4.78, 5) is 15.8. The predicted octanol–water partition coefficient (Wildman–Crippen LogP) is 2.68. The molecule has 0 amide bonds. The number of pyridine rings is 1. The average molecular weight is 446 g/mol. The van der Waals surface area contributed by atoms with E-state index in [2.05, 4.69) is 20.1 Å². The number of piperazine rings is 1.